The highest BCUT2D eigenvalue weighted by atomic mass is 16.5. The van der Waals surface area contributed by atoms with Crippen molar-refractivity contribution in [2.75, 3.05) is 33.3 Å². The van der Waals surface area contributed by atoms with Crippen LogP contribution in [0.25, 0.3) is 0 Å². The van der Waals surface area contributed by atoms with E-state index in [1.165, 1.54) is 7.11 Å². The van der Waals surface area contributed by atoms with Gasteiger partial charge in [-0.25, -0.2) is 0 Å². The number of nitrogens with zero attached hydrogens (tertiary/aromatic N) is 2. The molecule has 0 unspecified atom stereocenters. The fraction of sp³-hybridized carbons (Fsp3) is 0.786. The molecule has 1 aliphatic rings. The Balaban J connectivity index is 2.29. The number of carbonyl (C=O) groups excluding carboxylic acids is 3. The van der Waals surface area contributed by atoms with E-state index in [1.54, 1.807) is 4.90 Å². The molecule has 0 bridgehead atoms. The van der Waals surface area contributed by atoms with E-state index in [0.717, 1.165) is 12.8 Å². The van der Waals surface area contributed by atoms with Crippen molar-refractivity contribution in [1.82, 2.24) is 9.80 Å². The smallest absolute Gasteiger partial charge is 0.306 e. The van der Waals surface area contributed by atoms with E-state index in [4.69, 9.17) is 0 Å². The summed E-state index contributed by atoms with van der Waals surface area (Å²) in [6.07, 6.45) is 2.81. The zero-order valence-electron chi connectivity index (χ0n) is 12.4. The van der Waals surface area contributed by atoms with Crippen LogP contribution in [0.4, 0.5) is 0 Å². The van der Waals surface area contributed by atoms with Gasteiger partial charge in [0.2, 0.25) is 11.8 Å². The van der Waals surface area contributed by atoms with E-state index >= 15 is 0 Å². The first-order valence-corrected chi connectivity index (χ1v) is 7.20. The Hall–Kier alpha value is -1.59. The van der Waals surface area contributed by atoms with Crippen molar-refractivity contribution < 1.29 is 19.1 Å². The van der Waals surface area contributed by atoms with Crippen molar-refractivity contribution in [1.29, 1.82) is 0 Å². The third-order valence-electron chi connectivity index (χ3n) is 3.50. The highest BCUT2D eigenvalue weighted by Gasteiger charge is 2.23. The Labute approximate surface area is 120 Å². The largest absolute Gasteiger partial charge is 0.469 e. The van der Waals surface area contributed by atoms with E-state index in [1.807, 2.05) is 4.90 Å². The lowest BCUT2D eigenvalue weighted by Crippen LogP contribution is -2.50. The molecule has 1 aliphatic heterocycles. The van der Waals surface area contributed by atoms with Crippen LogP contribution in [0.5, 0.6) is 0 Å². The molecule has 0 N–H and O–H groups in total. The van der Waals surface area contributed by atoms with Gasteiger partial charge >= 0.3 is 5.97 Å². The van der Waals surface area contributed by atoms with Gasteiger partial charge < -0.3 is 14.5 Å². The molecule has 2 amide bonds. The molecule has 0 aliphatic carbocycles. The van der Waals surface area contributed by atoms with Gasteiger partial charge in [0.05, 0.1) is 13.5 Å². The standard InChI is InChI=1S/C14H24N2O4/c1-3-4-5-12(17)15-8-10-16(11-9-15)13(18)6-7-14(19)20-2/h3-11H2,1-2H3. The zero-order valence-corrected chi connectivity index (χ0v) is 12.4. The number of carbonyl (C=O) groups is 3. The molecule has 0 radical (unpaired) electrons. The van der Waals surface area contributed by atoms with Gasteiger partial charge in [0, 0.05) is 39.0 Å². The molecule has 0 aromatic rings. The van der Waals surface area contributed by atoms with Gasteiger partial charge in [0.15, 0.2) is 0 Å². The number of esters is 1. The van der Waals surface area contributed by atoms with Gasteiger partial charge in [-0.15, -0.1) is 0 Å². The first kappa shape index (κ1) is 16.5. The summed E-state index contributed by atoms with van der Waals surface area (Å²) < 4.78 is 4.51. The lowest BCUT2D eigenvalue weighted by Gasteiger charge is -2.34. The van der Waals surface area contributed by atoms with Gasteiger partial charge in [-0.1, -0.05) is 13.3 Å². The fourth-order valence-electron chi connectivity index (χ4n) is 2.16. The average molecular weight is 284 g/mol. The van der Waals surface area contributed by atoms with Crippen molar-refractivity contribution >= 4 is 17.8 Å². The van der Waals surface area contributed by atoms with E-state index in [9.17, 15) is 14.4 Å². The predicted octanol–water partition coefficient (Wildman–Crippen LogP) is 0.801. The number of methoxy groups -OCH3 is 1. The molecule has 1 saturated heterocycles. The number of unbranched alkanes of at least 4 members (excludes halogenated alkanes) is 1. The minimum Gasteiger partial charge on any atom is -0.469 e. The molecule has 1 heterocycles. The van der Waals surface area contributed by atoms with Crippen molar-refractivity contribution in [3.05, 3.63) is 0 Å². The van der Waals surface area contributed by atoms with Crippen LogP contribution < -0.4 is 0 Å². The van der Waals surface area contributed by atoms with Crippen LogP contribution in [0.15, 0.2) is 0 Å². The predicted molar refractivity (Wildman–Crippen MR) is 73.9 cm³/mol. The fourth-order valence-corrected chi connectivity index (χ4v) is 2.16. The maximum atomic E-state index is 11.9. The maximum absolute atomic E-state index is 11.9. The monoisotopic (exact) mass is 284 g/mol. The molecule has 6 heteroatoms. The van der Waals surface area contributed by atoms with Crippen molar-refractivity contribution in [3.8, 4) is 0 Å². The lowest BCUT2D eigenvalue weighted by molar-refractivity contribution is -0.144. The van der Waals surface area contributed by atoms with Crippen LogP contribution in [-0.4, -0.2) is 60.9 Å². The normalized spacial score (nSPS) is 15.1. The van der Waals surface area contributed by atoms with E-state index in [-0.39, 0.29) is 30.6 Å². The van der Waals surface area contributed by atoms with Crippen molar-refractivity contribution in [3.63, 3.8) is 0 Å². The van der Waals surface area contributed by atoms with Crippen molar-refractivity contribution in [2.45, 2.75) is 39.0 Å². The van der Waals surface area contributed by atoms with Gasteiger partial charge in [0.1, 0.15) is 0 Å². The summed E-state index contributed by atoms with van der Waals surface area (Å²) in [5, 5.41) is 0. The third-order valence-corrected chi connectivity index (χ3v) is 3.50. The summed E-state index contributed by atoms with van der Waals surface area (Å²) in [5.41, 5.74) is 0. The lowest BCUT2D eigenvalue weighted by atomic mass is 10.2. The van der Waals surface area contributed by atoms with Crippen LogP contribution in [0.2, 0.25) is 0 Å². The Kier molecular flexibility index (Phi) is 7.04. The highest BCUT2D eigenvalue weighted by Crippen LogP contribution is 2.08. The van der Waals surface area contributed by atoms with E-state index in [2.05, 4.69) is 11.7 Å². The number of hydrogen-bond donors (Lipinski definition) is 0. The van der Waals surface area contributed by atoms with Crippen LogP contribution in [0.1, 0.15) is 39.0 Å². The molecule has 114 valence electrons. The second-order valence-corrected chi connectivity index (χ2v) is 4.94. The molecular formula is C14H24N2O4. The topological polar surface area (TPSA) is 66.9 Å². The maximum Gasteiger partial charge on any atom is 0.306 e. The minimum atomic E-state index is -0.369. The third kappa shape index (κ3) is 5.19. The van der Waals surface area contributed by atoms with Crippen molar-refractivity contribution in [2.24, 2.45) is 0 Å². The van der Waals surface area contributed by atoms with Crippen LogP contribution in [0, 0.1) is 0 Å². The highest BCUT2D eigenvalue weighted by molar-refractivity contribution is 5.82. The van der Waals surface area contributed by atoms with Gasteiger partial charge in [-0.05, 0) is 6.42 Å². The Bertz CT molecular complexity index is 349. The second-order valence-electron chi connectivity index (χ2n) is 4.94. The second kappa shape index (κ2) is 8.55. The first-order chi connectivity index (χ1) is 9.58. The number of piperazine rings is 1. The Morgan fingerprint density at radius 2 is 1.40 bits per heavy atom. The zero-order chi connectivity index (χ0) is 15.0. The number of amides is 2. The van der Waals surface area contributed by atoms with Crippen LogP contribution in [0.3, 0.4) is 0 Å². The summed E-state index contributed by atoms with van der Waals surface area (Å²) >= 11 is 0. The number of rotatable bonds is 6. The summed E-state index contributed by atoms with van der Waals surface area (Å²) in [4.78, 5) is 38.3. The summed E-state index contributed by atoms with van der Waals surface area (Å²) in [5.74, 6) is -0.240. The summed E-state index contributed by atoms with van der Waals surface area (Å²) in [6, 6.07) is 0. The number of hydrogen-bond acceptors (Lipinski definition) is 4. The molecule has 20 heavy (non-hydrogen) atoms. The van der Waals surface area contributed by atoms with Gasteiger partial charge in [-0.2, -0.15) is 0 Å². The van der Waals surface area contributed by atoms with E-state index < -0.39 is 0 Å². The summed E-state index contributed by atoms with van der Waals surface area (Å²) in [7, 11) is 1.31. The molecule has 0 aromatic carbocycles. The van der Waals surface area contributed by atoms with E-state index in [0.29, 0.717) is 32.6 Å². The molecule has 0 atom stereocenters. The molecule has 0 aromatic heterocycles. The molecule has 6 nitrogen and oxygen atoms in total. The first-order valence-electron chi connectivity index (χ1n) is 7.20. The molecule has 1 fully saturated rings. The Morgan fingerprint density at radius 3 is 1.85 bits per heavy atom. The molecule has 0 saturated carbocycles. The van der Waals surface area contributed by atoms with Crippen LogP contribution >= 0.6 is 0 Å². The quantitative estimate of drug-likeness (QED) is 0.677. The average Bonchev–Trinajstić information content (AvgIpc) is 2.49. The number of ether oxygens (including phenoxy) is 1. The summed E-state index contributed by atoms with van der Waals surface area (Å²) in [6.45, 7) is 4.35. The van der Waals surface area contributed by atoms with Gasteiger partial charge in [-0.3, -0.25) is 14.4 Å². The molecular weight excluding hydrogens is 260 g/mol. The van der Waals surface area contributed by atoms with Crippen LogP contribution in [-0.2, 0) is 19.1 Å². The Morgan fingerprint density at radius 1 is 0.900 bits per heavy atom. The van der Waals surface area contributed by atoms with Gasteiger partial charge in [0.25, 0.3) is 0 Å². The molecule has 0 spiro atoms. The SMILES string of the molecule is CCCCC(=O)N1CCN(C(=O)CCC(=O)OC)CC1. The molecule has 1 rings (SSSR count). The minimum absolute atomic E-state index is 0.0453.